The second kappa shape index (κ2) is 2.84. The predicted molar refractivity (Wildman–Crippen MR) is 41.0 cm³/mol. The third kappa shape index (κ3) is 1.15. The minimum absolute atomic E-state index is 0.278. The SMILES string of the molecule is CNC1NN(C)C(C)N1C. The molecule has 0 aromatic heterocycles. The van der Waals surface area contributed by atoms with Crippen LogP contribution in [0.25, 0.3) is 0 Å². The third-order valence-electron chi connectivity index (χ3n) is 2.16. The summed E-state index contributed by atoms with van der Waals surface area (Å²) in [5, 5.41) is 5.23. The van der Waals surface area contributed by atoms with Crippen LogP contribution >= 0.6 is 0 Å². The fourth-order valence-corrected chi connectivity index (χ4v) is 1.15. The molecule has 0 saturated carbocycles. The average Bonchev–Trinajstić information content (AvgIpc) is 2.17. The van der Waals surface area contributed by atoms with Crippen LogP contribution in [-0.2, 0) is 0 Å². The Labute approximate surface area is 62.1 Å². The molecule has 1 rings (SSSR count). The Morgan fingerprint density at radius 1 is 1.40 bits per heavy atom. The summed E-state index contributed by atoms with van der Waals surface area (Å²) < 4.78 is 0. The topological polar surface area (TPSA) is 30.5 Å². The van der Waals surface area contributed by atoms with Gasteiger partial charge in [0, 0.05) is 7.05 Å². The molecule has 0 aliphatic carbocycles. The molecule has 1 aliphatic rings. The number of nitrogens with zero attached hydrogens (tertiary/aromatic N) is 2. The van der Waals surface area contributed by atoms with E-state index in [9.17, 15) is 0 Å². The van der Waals surface area contributed by atoms with Crippen LogP contribution in [0, 0.1) is 0 Å². The van der Waals surface area contributed by atoms with Crippen molar-refractivity contribution < 1.29 is 0 Å². The van der Waals surface area contributed by atoms with Gasteiger partial charge in [-0.25, -0.2) is 10.4 Å². The third-order valence-corrected chi connectivity index (χ3v) is 2.16. The summed E-state index contributed by atoms with van der Waals surface area (Å²) in [6, 6.07) is 0. The maximum absolute atomic E-state index is 3.25. The molecule has 1 heterocycles. The molecular weight excluding hydrogens is 128 g/mol. The first-order chi connectivity index (χ1) is 4.66. The van der Waals surface area contributed by atoms with Gasteiger partial charge in [0.1, 0.15) is 6.29 Å². The molecule has 0 aromatic carbocycles. The summed E-state index contributed by atoms with van der Waals surface area (Å²) in [6.07, 6.45) is 0.734. The van der Waals surface area contributed by atoms with Gasteiger partial charge in [-0.15, -0.1) is 0 Å². The molecule has 2 atom stereocenters. The van der Waals surface area contributed by atoms with Gasteiger partial charge in [0.2, 0.25) is 0 Å². The number of nitrogens with one attached hydrogen (secondary N) is 2. The molecule has 4 heteroatoms. The molecule has 0 amide bonds. The zero-order valence-corrected chi connectivity index (χ0v) is 7.05. The lowest BCUT2D eigenvalue weighted by Crippen LogP contribution is -2.45. The Morgan fingerprint density at radius 3 is 2.20 bits per heavy atom. The average molecular weight is 144 g/mol. The lowest BCUT2D eigenvalue weighted by atomic mass is 10.5. The maximum atomic E-state index is 3.25. The normalized spacial score (nSPS) is 37.2. The van der Waals surface area contributed by atoms with Crippen molar-refractivity contribution in [1.82, 2.24) is 20.7 Å². The Morgan fingerprint density at radius 2 is 2.00 bits per heavy atom. The molecule has 2 N–H and O–H groups in total. The molecule has 0 aromatic rings. The minimum Gasteiger partial charge on any atom is -0.291 e. The van der Waals surface area contributed by atoms with Crippen LogP contribution in [-0.4, -0.2) is 43.5 Å². The van der Waals surface area contributed by atoms with Crippen molar-refractivity contribution in [2.45, 2.75) is 19.4 Å². The van der Waals surface area contributed by atoms with E-state index >= 15 is 0 Å². The van der Waals surface area contributed by atoms with Crippen LogP contribution in [0.2, 0.25) is 0 Å². The van der Waals surface area contributed by atoms with Gasteiger partial charge in [0.05, 0.1) is 6.17 Å². The number of hydrogen-bond acceptors (Lipinski definition) is 4. The summed E-state index contributed by atoms with van der Waals surface area (Å²) in [5.74, 6) is 0. The van der Waals surface area contributed by atoms with Crippen molar-refractivity contribution >= 4 is 0 Å². The van der Waals surface area contributed by atoms with Crippen LogP contribution in [0.1, 0.15) is 6.92 Å². The Hall–Kier alpha value is -0.160. The summed E-state index contributed by atoms with van der Waals surface area (Å²) in [4.78, 5) is 2.22. The highest BCUT2D eigenvalue weighted by atomic mass is 15.7. The molecule has 2 unspecified atom stereocenters. The van der Waals surface area contributed by atoms with E-state index in [2.05, 4.69) is 34.6 Å². The standard InChI is InChI=1S/C6H16N4/c1-5-9(3)6(7-2)8-10(5)4/h5-8H,1-4H3. The predicted octanol–water partition coefficient (Wildman–Crippen LogP) is -0.783. The van der Waals surface area contributed by atoms with E-state index in [0.717, 1.165) is 0 Å². The molecule has 1 aliphatic heterocycles. The number of hydrogen-bond donors (Lipinski definition) is 2. The highest BCUT2D eigenvalue weighted by Crippen LogP contribution is 2.07. The molecule has 10 heavy (non-hydrogen) atoms. The molecule has 0 radical (unpaired) electrons. The van der Waals surface area contributed by atoms with E-state index in [1.807, 2.05) is 14.1 Å². The van der Waals surface area contributed by atoms with Crippen molar-refractivity contribution in [3.05, 3.63) is 0 Å². The Balaban J connectivity index is 2.53. The van der Waals surface area contributed by atoms with E-state index in [-0.39, 0.29) is 6.29 Å². The largest absolute Gasteiger partial charge is 0.291 e. The van der Waals surface area contributed by atoms with Crippen LogP contribution in [0.5, 0.6) is 0 Å². The smallest absolute Gasteiger partial charge is 0.128 e. The van der Waals surface area contributed by atoms with Gasteiger partial charge >= 0.3 is 0 Å². The van der Waals surface area contributed by atoms with Crippen LogP contribution in [0.3, 0.4) is 0 Å². The van der Waals surface area contributed by atoms with Gasteiger partial charge in [0.15, 0.2) is 0 Å². The van der Waals surface area contributed by atoms with Crippen LogP contribution in [0.15, 0.2) is 0 Å². The second-order valence-electron chi connectivity index (χ2n) is 2.73. The monoisotopic (exact) mass is 144 g/mol. The molecule has 1 fully saturated rings. The van der Waals surface area contributed by atoms with Gasteiger partial charge in [-0.3, -0.25) is 10.2 Å². The van der Waals surface area contributed by atoms with Gasteiger partial charge in [-0.2, -0.15) is 0 Å². The Bertz CT molecular complexity index is 116. The number of hydrazine groups is 1. The lowest BCUT2D eigenvalue weighted by Gasteiger charge is -2.20. The van der Waals surface area contributed by atoms with Crippen molar-refractivity contribution in [3.63, 3.8) is 0 Å². The van der Waals surface area contributed by atoms with E-state index in [4.69, 9.17) is 0 Å². The molecule has 4 nitrogen and oxygen atoms in total. The van der Waals surface area contributed by atoms with E-state index in [0.29, 0.717) is 6.17 Å². The van der Waals surface area contributed by atoms with Crippen molar-refractivity contribution in [2.75, 3.05) is 21.1 Å². The quantitative estimate of drug-likeness (QED) is 0.505. The lowest BCUT2D eigenvalue weighted by molar-refractivity contribution is 0.175. The fraction of sp³-hybridized carbons (Fsp3) is 1.00. The molecular formula is C6H16N4. The van der Waals surface area contributed by atoms with Crippen LogP contribution in [0.4, 0.5) is 0 Å². The van der Waals surface area contributed by atoms with E-state index in [1.165, 1.54) is 0 Å². The zero-order valence-electron chi connectivity index (χ0n) is 7.05. The first-order valence-electron chi connectivity index (χ1n) is 3.55. The van der Waals surface area contributed by atoms with Crippen molar-refractivity contribution in [3.8, 4) is 0 Å². The molecule has 0 spiro atoms. The molecule has 60 valence electrons. The summed E-state index contributed by atoms with van der Waals surface area (Å²) in [5.41, 5.74) is 3.25. The molecule has 1 saturated heterocycles. The first kappa shape index (κ1) is 7.94. The Kier molecular flexibility index (Phi) is 2.25. The second-order valence-corrected chi connectivity index (χ2v) is 2.73. The maximum Gasteiger partial charge on any atom is 0.128 e. The molecule has 0 bridgehead atoms. The van der Waals surface area contributed by atoms with E-state index in [1.54, 1.807) is 0 Å². The van der Waals surface area contributed by atoms with Gasteiger partial charge in [-0.1, -0.05) is 0 Å². The highest BCUT2D eigenvalue weighted by Gasteiger charge is 2.29. The summed E-state index contributed by atoms with van der Waals surface area (Å²) in [6.45, 7) is 2.16. The first-order valence-corrected chi connectivity index (χ1v) is 3.55. The summed E-state index contributed by atoms with van der Waals surface area (Å²) in [7, 11) is 6.07. The van der Waals surface area contributed by atoms with Crippen LogP contribution < -0.4 is 10.7 Å². The minimum atomic E-state index is 0.278. The number of rotatable bonds is 1. The van der Waals surface area contributed by atoms with Gasteiger partial charge in [-0.05, 0) is 21.0 Å². The van der Waals surface area contributed by atoms with Crippen molar-refractivity contribution in [2.24, 2.45) is 0 Å². The van der Waals surface area contributed by atoms with Gasteiger partial charge < -0.3 is 0 Å². The fourth-order valence-electron chi connectivity index (χ4n) is 1.15. The highest BCUT2D eigenvalue weighted by molar-refractivity contribution is 4.73. The summed E-state index contributed by atoms with van der Waals surface area (Å²) >= 11 is 0. The van der Waals surface area contributed by atoms with Gasteiger partial charge in [0.25, 0.3) is 0 Å². The van der Waals surface area contributed by atoms with Crippen molar-refractivity contribution in [1.29, 1.82) is 0 Å². The van der Waals surface area contributed by atoms with E-state index < -0.39 is 0 Å². The zero-order chi connectivity index (χ0) is 7.72.